The maximum atomic E-state index is 12.2. The average molecular weight is 348 g/mol. The molecule has 24 heavy (non-hydrogen) atoms. The van der Waals surface area contributed by atoms with Crippen molar-refractivity contribution in [2.75, 3.05) is 19.9 Å². The van der Waals surface area contributed by atoms with Gasteiger partial charge in [0, 0.05) is 5.56 Å². The van der Waals surface area contributed by atoms with E-state index in [9.17, 15) is 13.2 Å². The normalized spacial score (nSPS) is 12.4. The molecule has 1 atom stereocenters. The number of para-hydroxylation sites is 1. The number of sulfonamides is 1. The zero-order chi connectivity index (χ0) is 17.6. The molecule has 128 valence electrons. The molecule has 6 nitrogen and oxygen atoms in total. The molecule has 2 rings (SSSR count). The van der Waals surface area contributed by atoms with Gasteiger partial charge < -0.3 is 10.1 Å². The van der Waals surface area contributed by atoms with Crippen molar-refractivity contribution in [1.29, 1.82) is 0 Å². The van der Waals surface area contributed by atoms with Crippen molar-refractivity contribution in [1.82, 2.24) is 10.0 Å². The average Bonchev–Trinajstić information content (AvgIpc) is 2.58. The van der Waals surface area contributed by atoms with Gasteiger partial charge in [-0.2, -0.15) is 0 Å². The van der Waals surface area contributed by atoms with E-state index in [1.54, 1.807) is 7.11 Å². The zero-order valence-electron chi connectivity index (χ0n) is 13.5. The first-order chi connectivity index (χ1) is 11.4. The number of hydrogen-bond donors (Lipinski definition) is 2. The fourth-order valence-corrected chi connectivity index (χ4v) is 2.69. The smallest absolute Gasteiger partial charge is 0.235 e. The van der Waals surface area contributed by atoms with E-state index in [-0.39, 0.29) is 6.54 Å². The minimum atomic E-state index is -3.43. The predicted octanol–water partition coefficient (Wildman–Crippen LogP) is 1.45. The quantitative estimate of drug-likeness (QED) is 0.793. The molecule has 1 amide bonds. The molecule has 0 bridgehead atoms. The van der Waals surface area contributed by atoms with E-state index in [4.69, 9.17) is 4.74 Å². The van der Waals surface area contributed by atoms with Gasteiger partial charge >= 0.3 is 0 Å². The van der Waals surface area contributed by atoms with Gasteiger partial charge in [-0.1, -0.05) is 48.5 Å². The molecule has 0 spiro atoms. The first kappa shape index (κ1) is 18.0. The number of carbonyl (C=O) groups excluding carboxylic acids is 1. The van der Waals surface area contributed by atoms with Crippen LogP contribution in [0.25, 0.3) is 0 Å². The molecule has 0 aliphatic carbocycles. The number of hydrogen-bond acceptors (Lipinski definition) is 4. The number of ether oxygens (including phenoxy) is 1. The molecule has 0 saturated carbocycles. The molecule has 0 saturated heterocycles. The summed E-state index contributed by atoms with van der Waals surface area (Å²) in [5, 5.41) is 2.85. The monoisotopic (exact) mass is 348 g/mol. The molecule has 7 heteroatoms. The first-order valence-corrected chi connectivity index (χ1v) is 9.21. The van der Waals surface area contributed by atoms with Gasteiger partial charge in [0.25, 0.3) is 0 Å². The maximum absolute atomic E-state index is 12.2. The fourth-order valence-electron chi connectivity index (χ4n) is 2.30. The van der Waals surface area contributed by atoms with Crippen molar-refractivity contribution in [3.63, 3.8) is 0 Å². The number of benzene rings is 2. The van der Waals surface area contributed by atoms with Crippen LogP contribution in [0.5, 0.6) is 5.75 Å². The summed E-state index contributed by atoms with van der Waals surface area (Å²) in [7, 11) is -1.87. The van der Waals surface area contributed by atoms with E-state index in [1.807, 2.05) is 54.6 Å². The molecule has 2 N–H and O–H groups in total. The lowest BCUT2D eigenvalue weighted by Gasteiger charge is -2.22. The van der Waals surface area contributed by atoms with Crippen molar-refractivity contribution in [3.05, 3.63) is 65.7 Å². The number of carbonyl (C=O) groups is 1. The van der Waals surface area contributed by atoms with Crippen LogP contribution in [0, 0.1) is 0 Å². The molecule has 0 aliphatic heterocycles. The Kier molecular flexibility index (Phi) is 5.94. The maximum Gasteiger partial charge on any atom is 0.235 e. The Morgan fingerprint density at radius 3 is 2.33 bits per heavy atom. The van der Waals surface area contributed by atoms with E-state index >= 15 is 0 Å². The molecule has 2 aromatic rings. The largest absolute Gasteiger partial charge is 0.496 e. The van der Waals surface area contributed by atoms with Crippen LogP contribution in [0.15, 0.2) is 54.6 Å². The Hall–Kier alpha value is -2.38. The van der Waals surface area contributed by atoms with Gasteiger partial charge in [-0.25, -0.2) is 13.1 Å². The summed E-state index contributed by atoms with van der Waals surface area (Å²) in [6.45, 7) is -0.322. The van der Waals surface area contributed by atoms with Gasteiger partial charge in [0.15, 0.2) is 0 Å². The zero-order valence-corrected chi connectivity index (χ0v) is 14.3. The van der Waals surface area contributed by atoms with Gasteiger partial charge in [-0.3, -0.25) is 4.79 Å². The SMILES string of the molecule is COc1ccccc1[C@@H](NC(=O)CNS(C)(=O)=O)c1ccccc1. The number of nitrogens with one attached hydrogen (secondary N) is 2. The third-order valence-electron chi connectivity index (χ3n) is 3.38. The van der Waals surface area contributed by atoms with Crippen molar-refractivity contribution in [2.45, 2.75) is 6.04 Å². The standard InChI is InChI=1S/C17H20N2O4S/c1-23-15-11-7-6-10-14(15)17(13-8-4-3-5-9-13)19-16(20)12-18-24(2,21)22/h3-11,17-18H,12H2,1-2H3,(H,19,20)/t17-/m0/s1. The number of rotatable bonds is 7. The number of amides is 1. The van der Waals surface area contributed by atoms with Crippen molar-refractivity contribution in [2.24, 2.45) is 0 Å². The molecule has 0 fully saturated rings. The minimum absolute atomic E-state index is 0.322. The molecule has 0 radical (unpaired) electrons. The van der Waals surface area contributed by atoms with Gasteiger partial charge in [0.05, 0.1) is 26.0 Å². The number of methoxy groups -OCH3 is 1. The lowest BCUT2D eigenvalue weighted by atomic mass is 9.97. The Bertz CT molecular complexity index is 791. The topological polar surface area (TPSA) is 84.5 Å². The van der Waals surface area contributed by atoms with Crippen molar-refractivity contribution < 1.29 is 17.9 Å². The van der Waals surface area contributed by atoms with E-state index in [1.165, 1.54) is 0 Å². The van der Waals surface area contributed by atoms with Gasteiger partial charge in [-0.15, -0.1) is 0 Å². The molecular formula is C17H20N2O4S. The van der Waals surface area contributed by atoms with Crippen LogP contribution < -0.4 is 14.8 Å². The fraction of sp³-hybridized carbons (Fsp3) is 0.235. The third-order valence-corrected chi connectivity index (χ3v) is 4.05. The highest BCUT2D eigenvalue weighted by atomic mass is 32.2. The van der Waals surface area contributed by atoms with Crippen LogP contribution in [-0.2, 0) is 14.8 Å². The van der Waals surface area contributed by atoms with Crippen LogP contribution in [0.2, 0.25) is 0 Å². The molecule has 2 aromatic carbocycles. The highest BCUT2D eigenvalue weighted by molar-refractivity contribution is 7.88. The second-order valence-electron chi connectivity index (χ2n) is 5.25. The van der Waals surface area contributed by atoms with Gasteiger partial charge in [0.2, 0.25) is 15.9 Å². The third kappa shape index (κ3) is 5.07. The molecule has 0 aliphatic rings. The lowest BCUT2D eigenvalue weighted by molar-refractivity contribution is -0.120. The van der Waals surface area contributed by atoms with Gasteiger partial charge in [-0.05, 0) is 11.6 Å². The van der Waals surface area contributed by atoms with Crippen molar-refractivity contribution >= 4 is 15.9 Å². The summed E-state index contributed by atoms with van der Waals surface area (Å²) in [5.41, 5.74) is 1.66. The molecular weight excluding hydrogens is 328 g/mol. The van der Waals surface area contributed by atoms with E-state index in [0.29, 0.717) is 5.75 Å². The predicted molar refractivity (Wildman–Crippen MR) is 92.3 cm³/mol. The minimum Gasteiger partial charge on any atom is -0.496 e. The Labute approximate surface area is 141 Å². The van der Waals surface area contributed by atoms with E-state index < -0.39 is 22.0 Å². The van der Waals surface area contributed by atoms with Crippen molar-refractivity contribution in [3.8, 4) is 5.75 Å². The Morgan fingerprint density at radius 2 is 1.71 bits per heavy atom. The summed E-state index contributed by atoms with van der Waals surface area (Å²) >= 11 is 0. The summed E-state index contributed by atoms with van der Waals surface area (Å²) in [4.78, 5) is 12.2. The Balaban J connectivity index is 2.29. The van der Waals surface area contributed by atoms with Crippen LogP contribution in [0.1, 0.15) is 17.2 Å². The van der Waals surface area contributed by atoms with E-state index in [2.05, 4.69) is 10.0 Å². The van der Waals surface area contributed by atoms with Crippen LogP contribution >= 0.6 is 0 Å². The van der Waals surface area contributed by atoms with E-state index in [0.717, 1.165) is 17.4 Å². The highest BCUT2D eigenvalue weighted by Gasteiger charge is 2.20. The highest BCUT2D eigenvalue weighted by Crippen LogP contribution is 2.29. The van der Waals surface area contributed by atoms with Crippen LogP contribution in [0.4, 0.5) is 0 Å². The second-order valence-corrected chi connectivity index (χ2v) is 7.08. The van der Waals surface area contributed by atoms with Crippen LogP contribution in [-0.4, -0.2) is 34.2 Å². The summed E-state index contributed by atoms with van der Waals surface area (Å²) in [5.74, 6) is 0.211. The summed E-state index contributed by atoms with van der Waals surface area (Å²) in [6, 6.07) is 16.3. The van der Waals surface area contributed by atoms with Gasteiger partial charge in [0.1, 0.15) is 5.75 Å². The molecule has 0 aromatic heterocycles. The second kappa shape index (κ2) is 7.94. The molecule has 0 heterocycles. The lowest BCUT2D eigenvalue weighted by Crippen LogP contribution is -2.38. The summed E-state index contributed by atoms with van der Waals surface area (Å²) < 4.78 is 29.9. The van der Waals surface area contributed by atoms with Crippen LogP contribution in [0.3, 0.4) is 0 Å². The Morgan fingerprint density at radius 1 is 1.08 bits per heavy atom. The first-order valence-electron chi connectivity index (χ1n) is 7.32. The molecule has 0 unspecified atom stereocenters. The summed E-state index contributed by atoms with van der Waals surface area (Å²) in [6.07, 6.45) is 1.01.